The van der Waals surface area contributed by atoms with Gasteiger partial charge in [-0.25, -0.2) is 4.79 Å². The van der Waals surface area contributed by atoms with Gasteiger partial charge in [0.1, 0.15) is 11.9 Å². The second kappa shape index (κ2) is 6.75. The molecule has 0 saturated heterocycles. The van der Waals surface area contributed by atoms with E-state index in [4.69, 9.17) is 9.47 Å². The van der Waals surface area contributed by atoms with Crippen LogP contribution >= 0.6 is 0 Å². The van der Waals surface area contributed by atoms with Gasteiger partial charge in [-0.1, -0.05) is 0 Å². The van der Waals surface area contributed by atoms with E-state index >= 15 is 0 Å². The van der Waals surface area contributed by atoms with Gasteiger partial charge in [0.25, 0.3) is 0 Å². The van der Waals surface area contributed by atoms with E-state index in [-0.39, 0.29) is 18.2 Å². The molecule has 2 aromatic heterocycles. The van der Waals surface area contributed by atoms with Crippen molar-refractivity contribution in [3.63, 3.8) is 0 Å². The molecule has 2 atom stereocenters. The summed E-state index contributed by atoms with van der Waals surface area (Å²) >= 11 is 0. The number of H-pyrrole nitrogens is 1. The third-order valence-corrected chi connectivity index (χ3v) is 5.72. The summed E-state index contributed by atoms with van der Waals surface area (Å²) in [6.07, 6.45) is 7.67. The Morgan fingerprint density at radius 3 is 2.96 bits per heavy atom. The molecule has 142 valence electrons. The first kappa shape index (κ1) is 16.4. The molecule has 8 heteroatoms. The summed E-state index contributed by atoms with van der Waals surface area (Å²) < 4.78 is 11.5. The fraction of sp³-hybridized carbons (Fsp3) is 0.526. The van der Waals surface area contributed by atoms with Crippen molar-refractivity contribution in [3.8, 4) is 5.75 Å². The van der Waals surface area contributed by atoms with Gasteiger partial charge in [-0.2, -0.15) is 5.10 Å². The second-order valence-corrected chi connectivity index (χ2v) is 7.77. The highest BCUT2D eigenvalue weighted by atomic mass is 16.6. The number of hydrogen-bond acceptors (Lipinski definition) is 6. The van der Waals surface area contributed by atoms with E-state index in [9.17, 15) is 4.79 Å². The van der Waals surface area contributed by atoms with Crippen LogP contribution in [0.4, 0.5) is 16.3 Å². The minimum absolute atomic E-state index is 0.0336. The predicted molar refractivity (Wildman–Crippen MR) is 98.1 cm³/mol. The van der Waals surface area contributed by atoms with E-state index in [2.05, 4.69) is 25.8 Å². The lowest BCUT2D eigenvalue weighted by atomic mass is 9.81. The molecule has 6 rings (SSSR count). The van der Waals surface area contributed by atoms with Crippen LogP contribution in [0.25, 0.3) is 0 Å². The van der Waals surface area contributed by atoms with Gasteiger partial charge in [-0.15, -0.1) is 0 Å². The normalized spacial score (nSPS) is 29.9. The molecule has 0 aromatic carbocycles. The summed E-state index contributed by atoms with van der Waals surface area (Å²) in [5.74, 6) is 2.24. The Labute approximate surface area is 157 Å². The second-order valence-electron chi connectivity index (χ2n) is 7.77. The van der Waals surface area contributed by atoms with Gasteiger partial charge in [-0.3, -0.25) is 10.1 Å². The Bertz CT molecular complexity index is 832. The quantitative estimate of drug-likeness (QED) is 0.660. The van der Waals surface area contributed by atoms with Crippen molar-refractivity contribution in [2.45, 2.75) is 50.2 Å². The number of nitrogens with one attached hydrogen (secondary N) is 3. The zero-order valence-corrected chi connectivity index (χ0v) is 15.0. The van der Waals surface area contributed by atoms with Crippen LogP contribution in [0.15, 0.2) is 24.5 Å². The molecule has 2 fully saturated rings. The molecule has 27 heavy (non-hydrogen) atoms. The highest BCUT2D eigenvalue weighted by Gasteiger charge is 2.34. The Hall–Kier alpha value is -2.77. The average Bonchev–Trinajstić information content (AvgIpc) is 3.26. The molecule has 8 nitrogen and oxygen atoms in total. The summed E-state index contributed by atoms with van der Waals surface area (Å²) in [7, 11) is 0. The number of anilines is 2. The van der Waals surface area contributed by atoms with Crippen LogP contribution in [-0.2, 0) is 4.74 Å². The number of carbonyl (C=O) groups is 1. The maximum absolute atomic E-state index is 12.1. The third kappa shape index (κ3) is 3.56. The summed E-state index contributed by atoms with van der Waals surface area (Å²) in [4.78, 5) is 16.4. The molecule has 3 N–H and O–H groups in total. The summed E-state index contributed by atoms with van der Waals surface area (Å²) in [6.45, 7) is 0.620. The third-order valence-electron chi connectivity index (χ3n) is 5.72. The minimum atomic E-state index is -0.296. The molecular weight excluding hydrogens is 346 g/mol. The predicted octanol–water partition coefficient (Wildman–Crippen LogP) is 3.08. The number of fused-ring (bicyclic) bond motifs is 3. The zero-order valence-electron chi connectivity index (χ0n) is 15.0. The number of aromatic nitrogens is 3. The van der Waals surface area contributed by atoms with E-state index < -0.39 is 0 Å². The maximum Gasteiger partial charge on any atom is 0.407 e. The van der Waals surface area contributed by atoms with E-state index in [0.29, 0.717) is 18.4 Å². The number of rotatable bonds is 0. The Morgan fingerprint density at radius 2 is 2.04 bits per heavy atom. The smallest absolute Gasteiger partial charge is 0.407 e. The van der Waals surface area contributed by atoms with Crippen LogP contribution in [0.2, 0.25) is 0 Å². The molecule has 2 aliphatic heterocycles. The molecule has 0 spiro atoms. The zero-order chi connectivity index (χ0) is 18.2. The number of aromatic amines is 1. The number of ether oxygens (including phenoxy) is 2. The summed E-state index contributed by atoms with van der Waals surface area (Å²) in [5, 5.41) is 13.7. The summed E-state index contributed by atoms with van der Waals surface area (Å²) in [5.41, 5.74) is 1.91. The number of nitrogens with zero attached hydrogens (tertiary/aromatic N) is 2. The molecule has 0 radical (unpaired) electrons. The number of alkyl carbamates (subject to hydrolysis) is 1. The molecule has 2 saturated carbocycles. The number of carbonyl (C=O) groups excluding carboxylic acids is 1. The topological polar surface area (TPSA) is 101 Å². The van der Waals surface area contributed by atoms with Crippen LogP contribution in [0.5, 0.6) is 5.75 Å². The number of pyridine rings is 1. The van der Waals surface area contributed by atoms with E-state index in [0.717, 1.165) is 55.1 Å². The molecule has 0 unspecified atom stereocenters. The summed E-state index contributed by atoms with van der Waals surface area (Å²) in [6, 6.07) is 4.13. The molecule has 4 heterocycles. The molecule has 2 aromatic rings. The molecule has 2 aliphatic carbocycles. The fourth-order valence-electron chi connectivity index (χ4n) is 4.21. The van der Waals surface area contributed by atoms with Crippen LogP contribution in [0, 0.1) is 5.92 Å². The highest BCUT2D eigenvalue weighted by molar-refractivity contribution is 5.68. The standard InChI is InChI=1S/C19H23N5O3/c25-19-22-13-3-11(4-13)10-26-16-6-14(8-20-9-16)21-18-7-17(23-24-18)12-1-2-15(5-12)27-19/h6-9,11-13,15H,1-5,10H2,(H,22,25)(H2,21,23,24)/t11?,12-,13?,15+/m0/s1. The average molecular weight is 369 g/mol. The SMILES string of the molecule is O=C1NC2CC(COc3cncc(c3)Nc3cc([nH]n3)[C@H]3CC[C@H](C3)O1)C2. The lowest BCUT2D eigenvalue weighted by Crippen LogP contribution is -2.46. The van der Waals surface area contributed by atoms with Crippen LogP contribution in [0.1, 0.15) is 43.7 Å². The first-order valence-electron chi connectivity index (χ1n) is 9.58. The van der Waals surface area contributed by atoms with Gasteiger partial charge < -0.3 is 20.1 Å². The Morgan fingerprint density at radius 1 is 1.11 bits per heavy atom. The van der Waals surface area contributed by atoms with E-state index in [1.807, 2.05) is 12.1 Å². The van der Waals surface area contributed by atoms with Crippen LogP contribution in [-0.4, -0.2) is 40.0 Å². The van der Waals surface area contributed by atoms with Crippen molar-refractivity contribution >= 4 is 17.6 Å². The van der Waals surface area contributed by atoms with Crippen molar-refractivity contribution in [1.29, 1.82) is 0 Å². The first-order chi connectivity index (χ1) is 13.2. The lowest BCUT2D eigenvalue weighted by Gasteiger charge is -2.35. The fourth-order valence-corrected chi connectivity index (χ4v) is 4.21. The highest BCUT2D eigenvalue weighted by Crippen LogP contribution is 2.36. The van der Waals surface area contributed by atoms with Gasteiger partial charge in [0, 0.05) is 29.8 Å². The van der Waals surface area contributed by atoms with Crippen molar-refractivity contribution in [1.82, 2.24) is 20.5 Å². The minimum Gasteiger partial charge on any atom is -0.492 e. The molecular formula is C19H23N5O3. The largest absolute Gasteiger partial charge is 0.492 e. The van der Waals surface area contributed by atoms with Gasteiger partial charge in [-0.05, 0) is 38.0 Å². The monoisotopic (exact) mass is 369 g/mol. The van der Waals surface area contributed by atoms with Gasteiger partial charge >= 0.3 is 6.09 Å². The van der Waals surface area contributed by atoms with Crippen LogP contribution in [0.3, 0.4) is 0 Å². The number of hydrogen-bond donors (Lipinski definition) is 3. The Kier molecular flexibility index (Phi) is 4.10. The van der Waals surface area contributed by atoms with Gasteiger partial charge in [0.2, 0.25) is 0 Å². The van der Waals surface area contributed by atoms with E-state index in [1.54, 1.807) is 12.4 Å². The van der Waals surface area contributed by atoms with Crippen molar-refractivity contribution in [2.24, 2.45) is 5.92 Å². The first-order valence-corrected chi connectivity index (χ1v) is 9.58. The molecule has 4 aliphatic rings. The van der Waals surface area contributed by atoms with Crippen LogP contribution < -0.4 is 15.4 Å². The van der Waals surface area contributed by atoms with Crippen molar-refractivity contribution < 1.29 is 14.3 Å². The molecule has 8 bridgehead atoms. The van der Waals surface area contributed by atoms with E-state index in [1.165, 1.54) is 0 Å². The maximum atomic E-state index is 12.1. The van der Waals surface area contributed by atoms with Gasteiger partial charge in [0.15, 0.2) is 5.82 Å². The number of amides is 1. The Balaban J connectivity index is 1.36. The molecule has 1 amide bonds. The van der Waals surface area contributed by atoms with Crippen molar-refractivity contribution in [2.75, 3.05) is 11.9 Å². The van der Waals surface area contributed by atoms with Crippen molar-refractivity contribution in [3.05, 3.63) is 30.2 Å². The lowest BCUT2D eigenvalue weighted by molar-refractivity contribution is 0.0817. The van der Waals surface area contributed by atoms with Gasteiger partial charge in [0.05, 0.1) is 24.7 Å².